The van der Waals surface area contributed by atoms with Gasteiger partial charge in [-0.15, -0.1) is 0 Å². The van der Waals surface area contributed by atoms with E-state index in [9.17, 15) is 5.11 Å². The minimum absolute atomic E-state index is 0.455. The third kappa shape index (κ3) is 2.19. The van der Waals surface area contributed by atoms with Crippen molar-refractivity contribution in [2.45, 2.75) is 39.2 Å². The first-order valence-corrected chi connectivity index (χ1v) is 6.69. The number of rotatable bonds is 5. The van der Waals surface area contributed by atoms with Crippen molar-refractivity contribution in [3.8, 4) is 5.75 Å². The monoisotopic (exact) mass is 231 g/mol. The Balaban J connectivity index is 1.55. The lowest BCUT2D eigenvalue weighted by Gasteiger charge is -2.15. The summed E-state index contributed by atoms with van der Waals surface area (Å²) in [6, 6.07) is 5.97. The maximum absolute atomic E-state index is 9.92. The summed E-state index contributed by atoms with van der Waals surface area (Å²) in [5.74, 6) is 1.46. The van der Waals surface area contributed by atoms with Crippen LogP contribution in [0.3, 0.4) is 0 Å². The average Bonchev–Trinajstić information content (AvgIpc) is 3.14. The van der Waals surface area contributed by atoms with Gasteiger partial charge in [0.1, 0.15) is 5.75 Å². The van der Waals surface area contributed by atoms with Crippen LogP contribution >= 0.6 is 0 Å². The SMILES string of the molecule is Cc1cccc(CNCC2(C3CC3)CC2)c1O. The second kappa shape index (κ2) is 4.02. The maximum Gasteiger partial charge on any atom is 0.122 e. The van der Waals surface area contributed by atoms with Crippen LogP contribution in [0.4, 0.5) is 0 Å². The fourth-order valence-electron chi connectivity index (χ4n) is 2.89. The summed E-state index contributed by atoms with van der Waals surface area (Å²) >= 11 is 0. The molecule has 0 unspecified atom stereocenters. The van der Waals surface area contributed by atoms with Crippen LogP contribution in [-0.4, -0.2) is 11.7 Å². The third-order valence-corrected chi connectivity index (χ3v) is 4.45. The Morgan fingerprint density at radius 3 is 2.76 bits per heavy atom. The molecule has 0 atom stereocenters. The lowest BCUT2D eigenvalue weighted by atomic mass is 10.0. The minimum Gasteiger partial charge on any atom is -0.507 e. The number of hydrogen-bond acceptors (Lipinski definition) is 2. The van der Waals surface area contributed by atoms with E-state index in [1.54, 1.807) is 0 Å². The van der Waals surface area contributed by atoms with Gasteiger partial charge in [0.05, 0.1) is 0 Å². The lowest BCUT2D eigenvalue weighted by Crippen LogP contribution is -2.25. The Labute approximate surface area is 103 Å². The van der Waals surface area contributed by atoms with E-state index in [0.29, 0.717) is 11.2 Å². The third-order valence-electron chi connectivity index (χ3n) is 4.45. The molecule has 1 aromatic carbocycles. The molecule has 3 rings (SSSR count). The van der Waals surface area contributed by atoms with Crippen LogP contribution in [0.5, 0.6) is 5.75 Å². The number of aromatic hydroxyl groups is 1. The zero-order valence-corrected chi connectivity index (χ0v) is 10.5. The number of hydrogen-bond donors (Lipinski definition) is 2. The summed E-state index contributed by atoms with van der Waals surface area (Å²) in [6.45, 7) is 3.87. The molecule has 2 saturated carbocycles. The Morgan fingerprint density at radius 1 is 1.35 bits per heavy atom. The maximum atomic E-state index is 9.92. The Morgan fingerprint density at radius 2 is 2.12 bits per heavy atom. The molecule has 2 aliphatic carbocycles. The minimum atomic E-state index is 0.455. The first-order valence-electron chi connectivity index (χ1n) is 6.69. The van der Waals surface area contributed by atoms with Crippen LogP contribution in [0.15, 0.2) is 18.2 Å². The zero-order chi connectivity index (χ0) is 11.9. The van der Waals surface area contributed by atoms with Crippen molar-refractivity contribution in [2.75, 3.05) is 6.54 Å². The molecule has 0 spiro atoms. The van der Waals surface area contributed by atoms with Crippen molar-refractivity contribution >= 4 is 0 Å². The molecule has 17 heavy (non-hydrogen) atoms. The number of para-hydroxylation sites is 1. The molecule has 0 radical (unpaired) electrons. The van der Waals surface area contributed by atoms with Gasteiger partial charge >= 0.3 is 0 Å². The lowest BCUT2D eigenvalue weighted by molar-refractivity contribution is 0.399. The molecular weight excluding hydrogens is 210 g/mol. The number of benzene rings is 1. The highest BCUT2D eigenvalue weighted by Gasteiger charge is 2.53. The van der Waals surface area contributed by atoms with E-state index in [1.807, 2.05) is 25.1 Å². The number of aryl methyl sites for hydroxylation is 1. The molecule has 2 heteroatoms. The largest absolute Gasteiger partial charge is 0.507 e. The zero-order valence-electron chi connectivity index (χ0n) is 10.5. The number of phenolic OH excluding ortho intramolecular Hbond substituents is 1. The molecule has 1 aromatic rings. The molecule has 0 amide bonds. The summed E-state index contributed by atoms with van der Waals surface area (Å²) in [6.07, 6.45) is 5.70. The van der Waals surface area contributed by atoms with Crippen LogP contribution in [0.1, 0.15) is 36.8 Å². The molecule has 0 bridgehead atoms. The standard InChI is InChI=1S/C15H21NO/c1-11-3-2-4-12(14(11)17)9-16-10-15(7-8-15)13-5-6-13/h2-4,13,16-17H,5-10H2,1H3. The Kier molecular flexibility index (Phi) is 2.62. The normalized spacial score (nSPS) is 21.5. The molecule has 0 heterocycles. The molecule has 2 nitrogen and oxygen atoms in total. The quantitative estimate of drug-likeness (QED) is 0.816. The fourth-order valence-corrected chi connectivity index (χ4v) is 2.89. The molecule has 2 aliphatic rings. The van der Waals surface area contributed by atoms with Gasteiger partial charge in [0.2, 0.25) is 0 Å². The van der Waals surface area contributed by atoms with E-state index in [-0.39, 0.29) is 0 Å². The van der Waals surface area contributed by atoms with Crippen molar-refractivity contribution in [1.82, 2.24) is 5.32 Å². The van der Waals surface area contributed by atoms with Gasteiger partial charge in [-0.25, -0.2) is 0 Å². The fraction of sp³-hybridized carbons (Fsp3) is 0.600. The van der Waals surface area contributed by atoms with Gasteiger partial charge in [0, 0.05) is 18.7 Å². The van der Waals surface area contributed by atoms with Crippen LogP contribution in [-0.2, 0) is 6.54 Å². The van der Waals surface area contributed by atoms with Gasteiger partial charge < -0.3 is 10.4 Å². The van der Waals surface area contributed by atoms with Crippen LogP contribution in [0, 0.1) is 18.3 Å². The van der Waals surface area contributed by atoms with Gasteiger partial charge in [-0.3, -0.25) is 0 Å². The van der Waals surface area contributed by atoms with Gasteiger partial charge in [0.25, 0.3) is 0 Å². The van der Waals surface area contributed by atoms with E-state index in [2.05, 4.69) is 5.32 Å². The van der Waals surface area contributed by atoms with Crippen molar-refractivity contribution in [3.63, 3.8) is 0 Å². The summed E-state index contributed by atoms with van der Waals surface area (Å²) in [7, 11) is 0. The van der Waals surface area contributed by atoms with Gasteiger partial charge in [0.15, 0.2) is 0 Å². The molecule has 0 saturated heterocycles. The second-order valence-corrected chi connectivity index (χ2v) is 5.82. The topological polar surface area (TPSA) is 32.3 Å². The molecule has 2 N–H and O–H groups in total. The molecule has 2 fully saturated rings. The van der Waals surface area contributed by atoms with Crippen molar-refractivity contribution < 1.29 is 5.11 Å². The van der Waals surface area contributed by atoms with E-state index >= 15 is 0 Å². The van der Waals surface area contributed by atoms with E-state index in [0.717, 1.165) is 30.1 Å². The van der Waals surface area contributed by atoms with Crippen LogP contribution < -0.4 is 5.32 Å². The van der Waals surface area contributed by atoms with Crippen LogP contribution in [0.2, 0.25) is 0 Å². The van der Waals surface area contributed by atoms with Crippen LogP contribution in [0.25, 0.3) is 0 Å². The first-order chi connectivity index (χ1) is 8.21. The number of nitrogens with one attached hydrogen (secondary N) is 1. The highest BCUT2D eigenvalue weighted by Crippen LogP contribution is 2.60. The highest BCUT2D eigenvalue weighted by atomic mass is 16.3. The Hall–Kier alpha value is -1.02. The molecule has 0 aromatic heterocycles. The van der Waals surface area contributed by atoms with E-state index in [4.69, 9.17) is 0 Å². The molecule has 0 aliphatic heterocycles. The molecule has 92 valence electrons. The summed E-state index contributed by atoms with van der Waals surface area (Å²) in [5.41, 5.74) is 2.63. The first kappa shape index (κ1) is 11.1. The van der Waals surface area contributed by atoms with Crippen molar-refractivity contribution in [2.24, 2.45) is 11.3 Å². The number of phenols is 1. The van der Waals surface area contributed by atoms with Crippen molar-refractivity contribution in [3.05, 3.63) is 29.3 Å². The summed E-state index contributed by atoms with van der Waals surface area (Å²) < 4.78 is 0. The highest BCUT2D eigenvalue weighted by molar-refractivity contribution is 5.39. The smallest absolute Gasteiger partial charge is 0.122 e. The average molecular weight is 231 g/mol. The summed E-state index contributed by atoms with van der Waals surface area (Å²) in [5, 5.41) is 13.5. The second-order valence-electron chi connectivity index (χ2n) is 5.82. The predicted molar refractivity (Wildman–Crippen MR) is 68.9 cm³/mol. The van der Waals surface area contributed by atoms with E-state index in [1.165, 1.54) is 25.7 Å². The Bertz CT molecular complexity index is 419. The van der Waals surface area contributed by atoms with Crippen molar-refractivity contribution in [1.29, 1.82) is 0 Å². The van der Waals surface area contributed by atoms with Gasteiger partial charge in [-0.1, -0.05) is 18.2 Å². The van der Waals surface area contributed by atoms with Gasteiger partial charge in [-0.05, 0) is 49.5 Å². The summed E-state index contributed by atoms with van der Waals surface area (Å²) in [4.78, 5) is 0. The molecular formula is C15H21NO. The van der Waals surface area contributed by atoms with E-state index < -0.39 is 0 Å². The predicted octanol–water partition coefficient (Wildman–Crippen LogP) is 2.98. The van der Waals surface area contributed by atoms with Gasteiger partial charge in [-0.2, -0.15) is 0 Å².